The summed E-state index contributed by atoms with van der Waals surface area (Å²) in [6.07, 6.45) is 3.70. The third-order valence-corrected chi connectivity index (χ3v) is 18.1. The van der Waals surface area contributed by atoms with Crippen molar-refractivity contribution in [3.8, 4) is 0 Å². The number of nitrogens with zero attached hydrogens (tertiary/aromatic N) is 3. The fourth-order valence-corrected chi connectivity index (χ4v) is 13.0. The first-order valence-electron chi connectivity index (χ1n) is 22.7. The van der Waals surface area contributed by atoms with Crippen LogP contribution in [-0.2, 0) is 67.4 Å². The van der Waals surface area contributed by atoms with Gasteiger partial charge in [0.2, 0.25) is 11.6 Å². The van der Waals surface area contributed by atoms with E-state index in [4.69, 9.17) is 14.5 Å². The highest BCUT2D eigenvalue weighted by atomic mass is 32.2. The second-order valence-corrected chi connectivity index (χ2v) is 25.7. The first kappa shape index (κ1) is 59.6. The summed E-state index contributed by atoms with van der Waals surface area (Å²) in [5.74, 6) is -0.335. The van der Waals surface area contributed by atoms with Crippen molar-refractivity contribution < 1.29 is 96.7 Å². The molecule has 0 saturated carbocycles. The Hall–Kier alpha value is -4.61. The summed E-state index contributed by atoms with van der Waals surface area (Å²) in [6.45, 7) is 9.50. The van der Waals surface area contributed by atoms with Crippen molar-refractivity contribution in [2.75, 3.05) is 31.1 Å². The number of rotatable bonds is 22. The largest absolute Gasteiger partial charge is 0.490 e. The van der Waals surface area contributed by atoms with Crippen LogP contribution in [-0.4, -0.2) is 126 Å². The van der Waals surface area contributed by atoms with Crippen molar-refractivity contribution >= 4 is 72.8 Å². The van der Waals surface area contributed by atoms with Crippen LogP contribution in [0, 0.1) is 0 Å². The summed E-state index contributed by atoms with van der Waals surface area (Å²) >= 11 is 0. The summed E-state index contributed by atoms with van der Waals surface area (Å²) in [5.41, 5.74) is 0.961. The van der Waals surface area contributed by atoms with Gasteiger partial charge in [-0.05, 0) is 75.6 Å². The molecule has 1 fully saturated rings. The second-order valence-electron chi connectivity index (χ2n) is 18.5. The molecule has 75 heavy (non-hydrogen) atoms. The molecule has 0 bridgehead atoms. The van der Waals surface area contributed by atoms with E-state index >= 15 is 0 Å². The predicted molar refractivity (Wildman–Crippen MR) is 266 cm³/mol. The number of allylic oxidation sites excluding steroid dienone is 4. The maximum Gasteiger partial charge on any atom is 0.490 e. The molecular weight excluding hydrogens is 1100 g/mol. The maximum absolute atomic E-state index is 12.8. The van der Waals surface area contributed by atoms with Crippen LogP contribution >= 0.6 is 23.5 Å². The number of aromatic amines is 1. The molecule has 0 radical (unpaired) electrons. The predicted octanol–water partition coefficient (Wildman–Crippen LogP) is 3.02. The number of likely N-dealkylation sites (N-methyl/N-ethyl adjacent to an activating group) is 1. The number of aliphatic hydroxyl groups is 2. The lowest BCUT2D eigenvalue weighted by atomic mass is 9.81. The third kappa shape index (κ3) is 13.9. The van der Waals surface area contributed by atoms with Gasteiger partial charge >= 0.3 is 29.2 Å². The molecule has 6 atom stereocenters. The zero-order valence-corrected chi connectivity index (χ0v) is 45.0. The van der Waals surface area contributed by atoms with Gasteiger partial charge in [0.15, 0.2) is 11.9 Å². The Labute approximate surface area is 429 Å². The van der Waals surface area contributed by atoms with Crippen LogP contribution in [0.3, 0.4) is 0 Å². The molecule has 27 nitrogen and oxygen atoms in total. The number of phosphoric acid groups is 3. The number of ether oxygens (including phenoxy) is 1. The SMILES string of the molecule is CCN1C(=CC=CC2=[N+](CCCCCC(=O)NCC=Cc3cn([C@@H]4O[C@H](COP(=O)(O)OP(=O)(O)OP(=O)(O)O)[C@@H](O)[C@H]4O)c(=O)[nH]c3=O)c3ccc(S(=O)(=O)O)cc3C2(C)C)C(C)(C)c2cc(S(=O)(=O)O)ccc21. The second kappa shape index (κ2) is 22.4. The molecule has 32 heteroatoms. The van der Waals surface area contributed by atoms with Crippen molar-refractivity contribution in [2.45, 2.75) is 105 Å². The number of hydrogen-bond donors (Lipinski definition) is 10. The van der Waals surface area contributed by atoms with Crippen LogP contribution in [0.4, 0.5) is 11.4 Å². The van der Waals surface area contributed by atoms with Gasteiger partial charge in [0.05, 0.1) is 27.4 Å². The number of hydrogen-bond acceptors (Lipinski definition) is 17. The zero-order valence-electron chi connectivity index (χ0n) is 40.7. The molecule has 0 spiro atoms. The van der Waals surface area contributed by atoms with Gasteiger partial charge in [-0.15, -0.1) is 0 Å². The van der Waals surface area contributed by atoms with Gasteiger partial charge in [-0.3, -0.25) is 32.8 Å². The summed E-state index contributed by atoms with van der Waals surface area (Å²) in [7, 11) is -26.2. The minimum Gasteiger partial charge on any atom is -0.387 e. The number of aliphatic hydroxyl groups excluding tert-OH is 2. The summed E-state index contributed by atoms with van der Waals surface area (Å²) < 4.78 is 122. The molecule has 1 amide bonds. The molecule has 3 aliphatic heterocycles. The fraction of sp³-hybridized carbons (Fsp3) is 0.442. The number of H-pyrrole nitrogens is 1. The van der Waals surface area contributed by atoms with Crippen LogP contribution in [0.15, 0.2) is 92.0 Å². The molecule has 0 aliphatic carbocycles. The molecule has 1 saturated heterocycles. The summed E-state index contributed by atoms with van der Waals surface area (Å²) in [5, 5.41) is 23.8. The van der Waals surface area contributed by atoms with E-state index in [0.717, 1.165) is 29.0 Å². The Morgan fingerprint density at radius 2 is 1.51 bits per heavy atom. The van der Waals surface area contributed by atoms with Crippen molar-refractivity contribution in [2.24, 2.45) is 0 Å². The van der Waals surface area contributed by atoms with Crippen LogP contribution in [0.2, 0.25) is 0 Å². The molecule has 2 unspecified atom stereocenters. The number of carbonyl (C=O) groups excluding carboxylic acids is 1. The molecule has 10 N–H and O–H groups in total. The first-order valence-corrected chi connectivity index (χ1v) is 30.1. The lowest BCUT2D eigenvalue weighted by Crippen LogP contribution is -2.38. The number of nitrogens with one attached hydrogen (secondary N) is 2. The lowest BCUT2D eigenvalue weighted by Gasteiger charge is -2.25. The number of amides is 1. The Kier molecular flexibility index (Phi) is 17.8. The molecule has 1 aromatic heterocycles. The van der Waals surface area contributed by atoms with E-state index in [1.165, 1.54) is 36.4 Å². The van der Waals surface area contributed by atoms with E-state index in [0.29, 0.717) is 48.0 Å². The number of benzene rings is 2. The van der Waals surface area contributed by atoms with Crippen LogP contribution in [0.1, 0.15) is 83.2 Å². The smallest absolute Gasteiger partial charge is 0.387 e. The number of carbonyl (C=O) groups is 1. The fourth-order valence-electron chi connectivity index (χ4n) is 9.00. The average molecular weight is 1150 g/mol. The Morgan fingerprint density at radius 1 is 0.867 bits per heavy atom. The molecule has 3 aromatic rings. The standard InChI is InChI=1S/C43H56N5O22P3S2/c1-6-46-31-18-16-27(74(61,62)63)22-29(31)42(2,3)34(46)13-10-14-35-43(4,5)30-23-28(75(64,65)66)17-19-32(30)47(35)21-9-7-8-15-36(49)44-20-11-12-26-24-48(41(53)45-39(26)52)40-38(51)37(50)33(68-40)25-67-72(57,58)70-73(59,60)69-71(54,55)56/h10-14,16-19,22-24,33,37-38,40,50-51H,6-9,15,20-21,25H2,1-5H3,(H7-,44,45,49,52,53,54,55,56,57,58,59,60,61,62,63,64,65,66)/p+1/t33-,37-,38-,40-/m1/s1. The Balaban J connectivity index is 1.07. The highest BCUT2D eigenvalue weighted by molar-refractivity contribution is 7.86. The summed E-state index contributed by atoms with van der Waals surface area (Å²) in [6, 6.07) is 8.89. The van der Waals surface area contributed by atoms with Crippen molar-refractivity contribution in [1.29, 1.82) is 0 Å². The molecule has 2 aromatic carbocycles. The maximum atomic E-state index is 12.8. The van der Waals surface area contributed by atoms with Gasteiger partial charge in [0.1, 0.15) is 24.9 Å². The van der Waals surface area contributed by atoms with E-state index in [1.54, 1.807) is 12.1 Å². The number of anilines is 1. The highest BCUT2D eigenvalue weighted by Crippen LogP contribution is 2.66. The van der Waals surface area contributed by atoms with E-state index in [9.17, 15) is 74.0 Å². The van der Waals surface area contributed by atoms with Gasteiger partial charge in [-0.1, -0.05) is 32.1 Å². The van der Waals surface area contributed by atoms with Gasteiger partial charge in [-0.2, -0.15) is 30.0 Å². The minimum atomic E-state index is -5.87. The van der Waals surface area contributed by atoms with Gasteiger partial charge < -0.3 is 44.7 Å². The first-order chi connectivity index (χ1) is 34.6. The molecule has 6 rings (SSSR count). The van der Waals surface area contributed by atoms with Gasteiger partial charge in [0.25, 0.3) is 25.8 Å². The van der Waals surface area contributed by atoms with Crippen molar-refractivity contribution in [1.82, 2.24) is 14.9 Å². The molecular formula is C43H57N5O22P3S2+. The van der Waals surface area contributed by atoms with Crippen LogP contribution < -0.4 is 21.5 Å². The van der Waals surface area contributed by atoms with Crippen molar-refractivity contribution in [3.05, 3.63) is 110 Å². The Morgan fingerprint density at radius 3 is 2.13 bits per heavy atom. The average Bonchev–Trinajstić information content (AvgIpc) is 3.77. The quantitative estimate of drug-likeness (QED) is 0.0299. The Bertz CT molecular complexity index is 3360. The number of fused-ring (bicyclic) bond motifs is 2. The van der Waals surface area contributed by atoms with Crippen LogP contribution in [0.5, 0.6) is 0 Å². The lowest BCUT2D eigenvalue weighted by molar-refractivity contribution is -0.438. The van der Waals surface area contributed by atoms with E-state index in [2.05, 4.69) is 27.9 Å². The zero-order chi connectivity index (χ0) is 55.9. The normalized spacial score (nSPS) is 22.7. The number of aromatic nitrogens is 2. The van der Waals surface area contributed by atoms with Gasteiger partial charge in [-0.25, -0.2) is 18.5 Å². The topological polar surface area (TPSA) is 408 Å². The highest BCUT2D eigenvalue weighted by Gasteiger charge is 2.48. The third-order valence-electron chi connectivity index (χ3n) is 12.6. The van der Waals surface area contributed by atoms with E-state index < -0.39 is 96.9 Å². The van der Waals surface area contributed by atoms with Crippen molar-refractivity contribution in [3.63, 3.8) is 0 Å². The van der Waals surface area contributed by atoms with Gasteiger partial charge in [0, 0.05) is 66.6 Å². The molecule has 4 heterocycles. The molecule has 412 valence electrons. The molecule has 3 aliphatic rings. The summed E-state index contributed by atoms with van der Waals surface area (Å²) in [4.78, 5) is 78.2. The van der Waals surface area contributed by atoms with E-state index in [-0.39, 0.29) is 34.2 Å². The monoisotopic (exact) mass is 1150 g/mol. The number of phosphoric ester groups is 1. The van der Waals surface area contributed by atoms with E-state index in [1.807, 2.05) is 57.8 Å². The van der Waals surface area contributed by atoms with Crippen LogP contribution in [0.25, 0.3) is 6.08 Å². The minimum absolute atomic E-state index is 0.0712. The number of unbranched alkanes of at least 4 members (excludes halogenated alkanes) is 2.